The van der Waals surface area contributed by atoms with Crippen LogP contribution in [-0.4, -0.2) is 46.0 Å². The minimum Gasteiger partial charge on any atom is -0.382 e. The van der Waals surface area contributed by atoms with E-state index in [4.69, 9.17) is 32.7 Å². The lowest BCUT2D eigenvalue weighted by atomic mass is 10.1. The molecule has 8 heteroatoms. The highest BCUT2D eigenvalue weighted by Crippen LogP contribution is 2.25. The molecule has 1 unspecified atom stereocenters. The van der Waals surface area contributed by atoms with Gasteiger partial charge < -0.3 is 20.1 Å². The molecule has 0 heterocycles. The SMILES string of the molecule is CCNC(=NCCCOCCOC)NC(C)c1ccc(Cl)cc1Cl.I. The predicted octanol–water partition coefficient (Wildman–Crippen LogP) is 4.28. The molecule has 1 rings (SSSR count). The number of methoxy groups -OCH3 is 1. The van der Waals surface area contributed by atoms with Crippen molar-refractivity contribution >= 4 is 53.1 Å². The van der Waals surface area contributed by atoms with E-state index in [1.54, 1.807) is 13.2 Å². The lowest BCUT2D eigenvalue weighted by molar-refractivity contribution is 0.0702. The van der Waals surface area contributed by atoms with Crippen molar-refractivity contribution in [2.45, 2.75) is 26.3 Å². The molecule has 25 heavy (non-hydrogen) atoms. The highest BCUT2D eigenvalue weighted by atomic mass is 127. The summed E-state index contributed by atoms with van der Waals surface area (Å²) < 4.78 is 10.4. The Balaban J connectivity index is 0.00000576. The number of benzene rings is 1. The quantitative estimate of drug-likeness (QED) is 0.216. The van der Waals surface area contributed by atoms with Gasteiger partial charge in [0.1, 0.15) is 0 Å². The number of ether oxygens (including phenoxy) is 2. The van der Waals surface area contributed by atoms with Gasteiger partial charge in [0.25, 0.3) is 0 Å². The van der Waals surface area contributed by atoms with Crippen molar-refractivity contribution in [3.63, 3.8) is 0 Å². The number of hydrogen-bond donors (Lipinski definition) is 2. The Morgan fingerprint density at radius 2 is 2.00 bits per heavy atom. The Morgan fingerprint density at radius 1 is 1.24 bits per heavy atom. The zero-order valence-corrected chi connectivity index (χ0v) is 18.8. The zero-order chi connectivity index (χ0) is 17.8. The Labute approximate surface area is 177 Å². The third-order valence-electron chi connectivity index (χ3n) is 3.27. The number of nitrogens with one attached hydrogen (secondary N) is 2. The molecule has 0 fully saturated rings. The number of nitrogens with zero attached hydrogens (tertiary/aromatic N) is 1. The molecular weight excluding hydrogens is 476 g/mol. The molecule has 0 saturated carbocycles. The highest BCUT2D eigenvalue weighted by Gasteiger charge is 2.11. The highest BCUT2D eigenvalue weighted by molar-refractivity contribution is 14.0. The van der Waals surface area contributed by atoms with E-state index in [1.807, 2.05) is 26.0 Å². The largest absolute Gasteiger partial charge is 0.382 e. The number of aliphatic imine (C=N–C) groups is 1. The van der Waals surface area contributed by atoms with Crippen molar-refractivity contribution in [3.8, 4) is 0 Å². The number of rotatable bonds is 10. The van der Waals surface area contributed by atoms with Gasteiger partial charge in [0, 0.05) is 36.9 Å². The number of guanidine groups is 1. The van der Waals surface area contributed by atoms with E-state index < -0.39 is 0 Å². The molecule has 1 atom stereocenters. The summed E-state index contributed by atoms with van der Waals surface area (Å²) in [6.07, 6.45) is 0.858. The van der Waals surface area contributed by atoms with E-state index in [0.717, 1.165) is 24.5 Å². The first-order valence-corrected chi connectivity index (χ1v) is 8.90. The van der Waals surface area contributed by atoms with Crippen LogP contribution < -0.4 is 10.6 Å². The van der Waals surface area contributed by atoms with Gasteiger partial charge in [-0.25, -0.2) is 0 Å². The van der Waals surface area contributed by atoms with E-state index in [9.17, 15) is 0 Å². The first-order valence-electron chi connectivity index (χ1n) is 8.15. The van der Waals surface area contributed by atoms with Gasteiger partial charge in [-0.1, -0.05) is 29.3 Å². The summed E-state index contributed by atoms with van der Waals surface area (Å²) >= 11 is 12.2. The molecule has 1 aromatic carbocycles. The average Bonchev–Trinajstić information content (AvgIpc) is 2.54. The van der Waals surface area contributed by atoms with Crippen LogP contribution in [0.2, 0.25) is 10.0 Å². The van der Waals surface area contributed by atoms with Crippen LogP contribution in [0.1, 0.15) is 31.9 Å². The Morgan fingerprint density at radius 3 is 2.64 bits per heavy atom. The maximum Gasteiger partial charge on any atom is 0.191 e. The second kappa shape index (κ2) is 14.8. The Hall–Kier alpha value is -0.280. The minimum absolute atomic E-state index is 0. The van der Waals surface area contributed by atoms with E-state index in [-0.39, 0.29) is 30.0 Å². The van der Waals surface area contributed by atoms with Crippen LogP contribution in [0.15, 0.2) is 23.2 Å². The molecule has 0 saturated heterocycles. The van der Waals surface area contributed by atoms with Gasteiger partial charge in [0.05, 0.1) is 19.3 Å². The fraction of sp³-hybridized carbons (Fsp3) is 0.588. The summed E-state index contributed by atoms with van der Waals surface area (Å²) in [4.78, 5) is 4.56. The van der Waals surface area contributed by atoms with Crippen molar-refractivity contribution in [2.24, 2.45) is 4.99 Å². The van der Waals surface area contributed by atoms with Crippen LogP contribution in [0.3, 0.4) is 0 Å². The monoisotopic (exact) mass is 503 g/mol. The summed E-state index contributed by atoms with van der Waals surface area (Å²) in [6.45, 7) is 7.45. The number of hydrogen-bond acceptors (Lipinski definition) is 3. The summed E-state index contributed by atoms with van der Waals surface area (Å²) in [7, 11) is 1.66. The number of halogens is 3. The van der Waals surface area contributed by atoms with Crippen molar-refractivity contribution in [3.05, 3.63) is 33.8 Å². The first kappa shape index (κ1) is 24.7. The molecule has 0 spiro atoms. The van der Waals surface area contributed by atoms with E-state index >= 15 is 0 Å². The van der Waals surface area contributed by atoms with Crippen LogP contribution in [0.4, 0.5) is 0 Å². The van der Waals surface area contributed by atoms with Crippen LogP contribution in [0, 0.1) is 0 Å². The van der Waals surface area contributed by atoms with Crippen LogP contribution in [-0.2, 0) is 9.47 Å². The van der Waals surface area contributed by atoms with Crippen LogP contribution in [0.25, 0.3) is 0 Å². The van der Waals surface area contributed by atoms with Gasteiger partial charge in [-0.15, -0.1) is 24.0 Å². The third kappa shape index (κ3) is 10.5. The van der Waals surface area contributed by atoms with Gasteiger partial charge in [-0.05, 0) is 38.0 Å². The second-order valence-corrected chi connectivity index (χ2v) is 6.09. The van der Waals surface area contributed by atoms with E-state index in [1.165, 1.54) is 0 Å². The summed E-state index contributed by atoms with van der Waals surface area (Å²) in [6, 6.07) is 5.53. The van der Waals surface area contributed by atoms with Crippen LogP contribution >= 0.6 is 47.2 Å². The molecule has 0 aliphatic carbocycles. The van der Waals surface area contributed by atoms with Crippen LogP contribution in [0.5, 0.6) is 0 Å². The summed E-state index contributed by atoms with van der Waals surface area (Å²) in [5, 5.41) is 7.86. The molecule has 1 aromatic rings. The molecule has 0 bridgehead atoms. The molecular formula is C17H28Cl2IN3O2. The molecule has 2 N–H and O–H groups in total. The Kier molecular flexibility index (Phi) is 14.7. The van der Waals surface area contributed by atoms with Crippen molar-refractivity contribution in [1.82, 2.24) is 10.6 Å². The normalized spacial score (nSPS) is 12.4. The summed E-state index contributed by atoms with van der Waals surface area (Å²) in [5.74, 6) is 0.757. The average molecular weight is 504 g/mol. The van der Waals surface area contributed by atoms with E-state index in [0.29, 0.717) is 36.4 Å². The van der Waals surface area contributed by atoms with E-state index in [2.05, 4.69) is 15.6 Å². The maximum atomic E-state index is 6.26. The first-order chi connectivity index (χ1) is 11.6. The van der Waals surface area contributed by atoms with Gasteiger partial charge >= 0.3 is 0 Å². The molecule has 0 aliphatic heterocycles. The fourth-order valence-electron chi connectivity index (χ4n) is 2.06. The van der Waals surface area contributed by atoms with Crippen molar-refractivity contribution < 1.29 is 9.47 Å². The van der Waals surface area contributed by atoms with Gasteiger partial charge in [-0.3, -0.25) is 4.99 Å². The standard InChI is InChI=1S/C17H27Cl2N3O2.HI/c1-4-20-17(21-8-5-9-24-11-10-23-3)22-13(2)15-7-6-14(18)12-16(15)19;/h6-7,12-13H,4-5,8-11H2,1-3H3,(H2,20,21,22);1H. The molecule has 144 valence electrons. The smallest absolute Gasteiger partial charge is 0.191 e. The zero-order valence-electron chi connectivity index (χ0n) is 15.0. The summed E-state index contributed by atoms with van der Waals surface area (Å²) in [5.41, 5.74) is 0.981. The topological polar surface area (TPSA) is 54.9 Å². The third-order valence-corrected chi connectivity index (χ3v) is 3.84. The second-order valence-electron chi connectivity index (χ2n) is 5.25. The molecule has 0 aromatic heterocycles. The minimum atomic E-state index is 0. The van der Waals surface area contributed by atoms with Gasteiger partial charge in [0.2, 0.25) is 0 Å². The molecule has 0 radical (unpaired) electrons. The molecule has 0 aliphatic rings. The molecule has 0 amide bonds. The lowest BCUT2D eigenvalue weighted by Crippen LogP contribution is -2.39. The fourth-order valence-corrected chi connectivity index (χ4v) is 2.63. The van der Waals surface area contributed by atoms with Gasteiger partial charge in [0.15, 0.2) is 5.96 Å². The lowest BCUT2D eigenvalue weighted by Gasteiger charge is -2.19. The predicted molar refractivity (Wildman–Crippen MR) is 117 cm³/mol. The van der Waals surface area contributed by atoms with Gasteiger partial charge in [-0.2, -0.15) is 0 Å². The molecule has 5 nitrogen and oxygen atoms in total. The Bertz CT molecular complexity index is 519. The van der Waals surface area contributed by atoms with Crippen molar-refractivity contribution in [2.75, 3.05) is 40.0 Å². The van der Waals surface area contributed by atoms with Crippen molar-refractivity contribution in [1.29, 1.82) is 0 Å². The maximum absolute atomic E-state index is 6.26.